The molecule has 0 aliphatic carbocycles. The molecule has 1 aliphatic rings. The summed E-state index contributed by atoms with van der Waals surface area (Å²) in [6.45, 7) is 2.85. The van der Waals surface area contributed by atoms with E-state index >= 15 is 0 Å². The normalized spacial score (nSPS) is 17.0. The molecule has 1 atom stereocenters. The summed E-state index contributed by atoms with van der Waals surface area (Å²) in [6, 6.07) is 7.47. The van der Waals surface area contributed by atoms with Crippen molar-refractivity contribution in [3.8, 4) is 5.75 Å². The van der Waals surface area contributed by atoms with Gasteiger partial charge in [0.1, 0.15) is 17.5 Å². The minimum Gasteiger partial charge on any atom is -0.483 e. The number of fused-ring (bicyclic) bond motifs is 3. The summed E-state index contributed by atoms with van der Waals surface area (Å²) >= 11 is 1.40. The van der Waals surface area contributed by atoms with E-state index in [9.17, 15) is 9.59 Å². The molecule has 30 heavy (non-hydrogen) atoms. The van der Waals surface area contributed by atoms with Gasteiger partial charge in [-0.15, -0.1) is 11.3 Å². The van der Waals surface area contributed by atoms with Crippen molar-refractivity contribution in [1.82, 2.24) is 14.9 Å². The summed E-state index contributed by atoms with van der Waals surface area (Å²) in [5, 5.41) is 3.63. The van der Waals surface area contributed by atoms with Gasteiger partial charge in [-0.05, 0) is 36.8 Å². The number of nitrogens with zero attached hydrogens (tertiary/aromatic N) is 2. The first kappa shape index (κ1) is 20.3. The van der Waals surface area contributed by atoms with Gasteiger partial charge in [0.2, 0.25) is 0 Å². The lowest BCUT2D eigenvalue weighted by Gasteiger charge is -2.28. The van der Waals surface area contributed by atoms with Gasteiger partial charge in [-0.25, -0.2) is 4.98 Å². The lowest BCUT2D eigenvalue weighted by Crippen LogP contribution is -2.27. The van der Waals surface area contributed by atoms with Crippen LogP contribution in [-0.2, 0) is 11.8 Å². The van der Waals surface area contributed by atoms with Gasteiger partial charge in [-0.2, -0.15) is 0 Å². The Morgan fingerprint density at radius 2 is 2.27 bits per heavy atom. The molecule has 0 radical (unpaired) electrons. The zero-order chi connectivity index (χ0) is 21.3. The van der Waals surface area contributed by atoms with Crippen LogP contribution >= 0.6 is 11.3 Å². The molecule has 0 saturated heterocycles. The number of thiophene rings is 1. The SMILES string of the molecule is C/C=C1\CC(c2ccc(C(=O)NCCOC)s2)Oc2c1c(=O)n(C)c1ncccc21. The number of aromatic nitrogens is 2. The van der Waals surface area contributed by atoms with Crippen LogP contribution in [0, 0.1) is 0 Å². The molecule has 1 amide bonds. The minimum atomic E-state index is -0.273. The van der Waals surface area contributed by atoms with E-state index < -0.39 is 0 Å². The number of nitrogens with one attached hydrogen (secondary N) is 1. The summed E-state index contributed by atoms with van der Waals surface area (Å²) in [6.07, 6.45) is 3.92. The van der Waals surface area contributed by atoms with Gasteiger partial charge in [-0.3, -0.25) is 14.2 Å². The fourth-order valence-electron chi connectivity index (χ4n) is 3.65. The van der Waals surface area contributed by atoms with Crippen molar-refractivity contribution in [2.75, 3.05) is 20.3 Å². The Kier molecular flexibility index (Phi) is 5.69. The molecule has 1 unspecified atom stereocenters. The number of carbonyl (C=O) groups excluding carboxylic acids is 1. The van der Waals surface area contributed by atoms with Crippen LogP contribution in [0.25, 0.3) is 16.6 Å². The van der Waals surface area contributed by atoms with Crippen LogP contribution in [0.15, 0.2) is 41.3 Å². The second-order valence-electron chi connectivity index (χ2n) is 7.02. The Hall–Kier alpha value is -2.97. The molecule has 7 nitrogen and oxygen atoms in total. The largest absolute Gasteiger partial charge is 0.483 e. The van der Waals surface area contributed by atoms with Crippen LogP contribution < -0.4 is 15.6 Å². The van der Waals surface area contributed by atoms with Crippen LogP contribution in [0.3, 0.4) is 0 Å². The highest BCUT2D eigenvalue weighted by atomic mass is 32.1. The van der Waals surface area contributed by atoms with E-state index in [1.807, 2.05) is 31.2 Å². The van der Waals surface area contributed by atoms with Crippen LogP contribution in [0.2, 0.25) is 0 Å². The summed E-state index contributed by atoms with van der Waals surface area (Å²) in [4.78, 5) is 31.3. The molecular weight excluding hydrogens is 402 g/mol. The van der Waals surface area contributed by atoms with E-state index in [2.05, 4.69) is 10.3 Å². The summed E-state index contributed by atoms with van der Waals surface area (Å²) in [5.41, 5.74) is 1.99. The Morgan fingerprint density at radius 3 is 3.03 bits per heavy atom. The van der Waals surface area contributed by atoms with Crippen LogP contribution in [0.1, 0.15) is 39.6 Å². The highest BCUT2D eigenvalue weighted by Crippen LogP contribution is 2.44. The first-order valence-electron chi connectivity index (χ1n) is 9.72. The van der Waals surface area contributed by atoms with Gasteiger partial charge in [0, 0.05) is 38.2 Å². The third-order valence-corrected chi connectivity index (χ3v) is 6.37. The average molecular weight is 426 g/mol. The quantitative estimate of drug-likeness (QED) is 0.635. The monoisotopic (exact) mass is 425 g/mol. The maximum absolute atomic E-state index is 13.0. The zero-order valence-corrected chi connectivity index (χ0v) is 17.9. The fraction of sp³-hybridized carbons (Fsp3) is 0.318. The predicted octanol–water partition coefficient (Wildman–Crippen LogP) is 3.30. The Morgan fingerprint density at radius 1 is 1.43 bits per heavy atom. The molecule has 0 fully saturated rings. The number of amides is 1. The third-order valence-electron chi connectivity index (χ3n) is 5.19. The van der Waals surface area contributed by atoms with Gasteiger partial charge >= 0.3 is 0 Å². The smallest absolute Gasteiger partial charge is 0.263 e. The summed E-state index contributed by atoms with van der Waals surface area (Å²) in [5.74, 6) is 0.430. The van der Waals surface area contributed by atoms with E-state index in [1.54, 1.807) is 31.0 Å². The molecule has 156 valence electrons. The van der Waals surface area contributed by atoms with Crippen LogP contribution in [0.4, 0.5) is 0 Å². The molecule has 0 bridgehead atoms. The number of aryl methyl sites for hydroxylation is 1. The van der Waals surface area contributed by atoms with E-state index in [0.29, 0.717) is 41.4 Å². The number of hydrogen-bond acceptors (Lipinski definition) is 6. The average Bonchev–Trinajstić information content (AvgIpc) is 3.27. The standard InChI is InChI=1S/C22H23N3O4S/c1-4-13-12-15(16-7-8-17(30-16)21(26)24-10-11-28-3)29-19-14-6-5-9-23-20(14)25(2)22(27)18(13)19/h4-9,15H,10-12H2,1-3H3,(H,24,26)/b13-4+. The molecule has 8 heteroatoms. The molecule has 3 aromatic heterocycles. The number of allylic oxidation sites excluding steroid dienone is 1. The summed E-state index contributed by atoms with van der Waals surface area (Å²) in [7, 11) is 3.32. The number of pyridine rings is 2. The molecule has 0 saturated carbocycles. The minimum absolute atomic E-state index is 0.118. The van der Waals surface area contributed by atoms with E-state index in [4.69, 9.17) is 9.47 Å². The van der Waals surface area contributed by atoms with Crippen molar-refractivity contribution >= 4 is 33.9 Å². The Bertz CT molecular complexity index is 1190. The molecule has 1 aliphatic heterocycles. The lowest BCUT2D eigenvalue weighted by atomic mass is 9.94. The molecule has 3 aromatic rings. The summed E-state index contributed by atoms with van der Waals surface area (Å²) < 4.78 is 12.9. The first-order chi connectivity index (χ1) is 14.5. The van der Waals surface area contributed by atoms with Gasteiger partial charge in [-0.1, -0.05) is 6.08 Å². The molecule has 1 N–H and O–H groups in total. The van der Waals surface area contributed by atoms with Gasteiger partial charge in [0.05, 0.1) is 22.4 Å². The van der Waals surface area contributed by atoms with Gasteiger partial charge in [0.15, 0.2) is 0 Å². The lowest BCUT2D eigenvalue weighted by molar-refractivity contribution is 0.0941. The van der Waals surface area contributed by atoms with Crippen LogP contribution in [0.5, 0.6) is 5.75 Å². The van der Waals surface area contributed by atoms with Crippen molar-refractivity contribution < 1.29 is 14.3 Å². The number of methoxy groups -OCH3 is 1. The first-order valence-corrected chi connectivity index (χ1v) is 10.5. The predicted molar refractivity (Wildman–Crippen MR) is 117 cm³/mol. The van der Waals surface area contributed by atoms with Crippen molar-refractivity contribution in [1.29, 1.82) is 0 Å². The molecule has 0 aromatic carbocycles. The van der Waals surface area contributed by atoms with Gasteiger partial charge in [0.25, 0.3) is 11.5 Å². The van der Waals surface area contributed by atoms with Crippen molar-refractivity contribution in [3.63, 3.8) is 0 Å². The highest BCUT2D eigenvalue weighted by molar-refractivity contribution is 7.14. The zero-order valence-electron chi connectivity index (χ0n) is 17.1. The second kappa shape index (κ2) is 8.41. The van der Waals surface area contributed by atoms with E-state index in [-0.39, 0.29) is 17.6 Å². The fourth-order valence-corrected chi connectivity index (χ4v) is 4.60. The van der Waals surface area contributed by atoms with Crippen LogP contribution in [-0.4, -0.2) is 35.7 Å². The molecule has 4 rings (SSSR count). The molecule has 0 spiro atoms. The van der Waals surface area contributed by atoms with E-state index in [0.717, 1.165) is 15.8 Å². The maximum atomic E-state index is 13.0. The van der Waals surface area contributed by atoms with Crippen molar-refractivity contribution in [2.24, 2.45) is 7.05 Å². The van der Waals surface area contributed by atoms with Crippen molar-refractivity contribution in [2.45, 2.75) is 19.4 Å². The number of ether oxygens (including phenoxy) is 2. The number of hydrogen-bond donors (Lipinski definition) is 1. The topological polar surface area (TPSA) is 82.5 Å². The van der Waals surface area contributed by atoms with E-state index in [1.165, 1.54) is 11.3 Å². The second-order valence-corrected chi connectivity index (χ2v) is 8.13. The third kappa shape index (κ3) is 3.53. The van der Waals surface area contributed by atoms with Gasteiger partial charge < -0.3 is 14.8 Å². The molecule has 4 heterocycles. The number of carbonyl (C=O) groups is 1. The number of rotatable bonds is 5. The molecular formula is C22H23N3O4S. The maximum Gasteiger partial charge on any atom is 0.263 e. The Balaban J connectivity index is 1.71. The Labute approximate surface area is 178 Å². The van der Waals surface area contributed by atoms with Crippen molar-refractivity contribution in [3.05, 3.63) is 62.2 Å². The highest BCUT2D eigenvalue weighted by Gasteiger charge is 2.31.